The molecule has 0 spiro atoms. The zero-order chi connectivity index (χ0) is 16.3. The summed E-state index contributed by atoms with van der Waals surface area (Å²) in [5.41, 5.74) is 2.33. The summed E-state index contributed by atoms with van der Waals surface area (Å²) in [6.07, 6.45) is 1.80. The first-order valence-corrected chi connectivity index (χ1v) is 7.63. The van der Waals surface area contributed by atoms with E-state index < -0.39 is 0 Å². The van der Waals surface area contributed by atoms with E-state index in [0.717, 1.165) is 17.3 Å². The highest BCUT2D eigenvalue weighted by molar-refractivity contribution is 5.79. The monoisotopic (exact) mass is 309 g/mol. The molecule has 2 aromatic carbocycles. The maximum Gasteiger partial charge on any atom is 0.191 e. The first-order chi connectivity index (χ1) is 11.3. The zero-order valence-corrected chi connectivity index (χ0v) is 13.5. The second kappa shape index (κ2) is 9.30. The Bertz CT molecular complexity index is 621. The van der Waals surface area contributed by atoms with Crippen LogP contribution in [0.15, 0.2) is 72.2 Å². The number of ether oxygens (including phenoxy) is 1. The fourth-order valence-electron chi connectivity index (χ4n) is 2.02. The number of guanidine groups is 1. The number of nitrogens with one attached hydrogen (secondary N) is 2. The normalized spacial score (nSPS) is 10.9. The van der Waals surface area contributed by atoms with Crippen LogP contribution in [-0.2, 0) is 13.2 Å². The van der Waals surface area contributed by atoms with Crippen LogP contribution in [0.25, 0.3) is 0 Å². The van der Waals surface area contributed by atoms with E-state index in [0.29, 0.717) is 19.7 Å². The van der Waals surface area contributed by atoms with Crippen LogP contribution >= 0.6 is 0 Å². The highest BCUT2D eigenvalue weighted by atomic mass is 16.5. The van der Waals surface area contributed by atoms with Gasteiger partial charge in [-0.25, -0.2) is 0 Å². The third-order valence-corrected chi connectivity index (χ3v) is 3.27. The van der Waals surface area contributed by atoms with Gasteiger partial charge in [-0.05, 0) is 23.3 Å². The van der Waals surface area contributed by atoms with Crippen molar-refractivity contribution in [3.05, 3.63) is 78.4 Å². The third-order valence-electron chi connectivity index (χ3n) is 3.27. The van der Waals surface area contributed by atoms with Gasteiger partial charge in [-0.3, -0.25) is 4.99 Å². The molecule has 2 N–H and O–H groups in total. The predicted molar refractivity (Wildman–Crippen MR) is 95.6 cm³/mol. The van der Waals surface area contributed by atoms with Crippen LogP contribution in [0, 0.1) is 0 Å². The molecule has 2 aromatic rings. The Labute approximate surface area is 137 Å². The Morgan fingerprint density at radius 2 is 1.78 bits per heavy atom. The van der Waals surface area contributed by atoms with Crippen molar-refractivity contribution in [1.82, 2.24) is 10.6 Å². The van der Waals surface area contributed by atoms with Crippen molar-refractivity contribution >= 4 is 5.96 Å². The Kier molecular flexibility index (Phi) is 6.72. The predicted octanol–water partition coefficient (Wildman–Crippen LogP) is 3.12. The molecule has 0 aliphatic heterocycles. The van der Waals surface area contributed by atoms with Crippen molar-refractivity contribution in [2.45, 2.75) is 13.2 Å². The van der Waals surface area contributed by atoms with Gasteiger partial charge in [0.25, 0.3) is 0 Å². The number of benzene rings is 2. The molecule has 0 radical (unpaired) electrons. The van der Waals surface area contributed by atoms with E-state index in [2.05, 4.69) is 34.3 Å². The Balaban J connectivity index is 1.81. The molecular formula is C19H23N3O. The minimum Gasteiger partial charge on any atom is -0.489 e. The molecule has 0 bridgehead atoms. The Morgan fingerprint density at radius 3 is 2.43 bits per heavy atom. The molecule has 23 heavy (non-hydrogen) atoms. The van der Waals surface area contributed by atoms with E-state index in [-0.39, 0.29) is 0 Å². The SMILES string of the molecule is C=CCNC(=NC)NCc1ccc(OCc2ccccc2)cc1. The van der Waals surface area contributed by atoms with Crippen molar-refractivity contribution in [3.8, 4) is 5.75 Å². The lowest BCUT2D eigenvalue weighted by molar-refractivity contribution is 0.306. The van der Waals surface area contributed by atoms with E-state index in [1.165, 1.54) is 5.56 Å². The average Bonchev–Trinajstić information content (AvgIpc) is 2.62. The number of aliphatic imine (C=N–C) groups is 1. The Hall–Kier alpha value is -2.75. The fraction of sp³-hybridized carbons (Fsp3) is 0.211. The molecule has 0 atom stereocenters. The molecule has 0 amide bonds. The van der Waals surface area contributed by atoms with Gasteiger partial charge in [0.15, 0.2) is 5.96 Å². The van der Waals surface area contributed by atoms with E-state index in [9.17, 15) is 0 Å². The van der Waals surface area contributed by atoms with Gasteiger partial charge in [-0.15, -0.1) is 6.58 Å². The minimum atomic E-state index is 0.580. The van der Waals surface area contributed by atoms with Crippen molar-refractivity contribution < 1.29 is 4.74 Å². The number of rotatable bonds is 7. The summed E-state index contributed by atoms with van der Waals surface area (Å²) >= 11 is 0. The number of nitrogens with zero attached hydrogens (tertiary/aromatic N) is 1. The molecule has 0 saturated heterocycles. The summed E-state index contributed by atoms with van der Waals surface area (Å²) in [6.45, 7) is 5.65. The maximum atomic E-state index is 5.78. The molecule has 0 unspecified atom stereocenters. The van der Waals surface area contributed by atoms with Gasteiger partial charge in [0.2, 0.25) is 0 Å². The molecule has 0 aliphatic carbocycles. The van der Waals surface area contributed by atoms with Crippen LogP contribution in [0.3, 0.4) is 0 Å². The summed E-state index contributed by atoms with van der Waals surface area (Å²) in [5, 5.41) is 6.38. The van der Waals surface area contributed by atoms with Gasteiger partial charge in [-0.1, -0.05) is 48.5 Å². The van der Waals surface area contributed by atoms with Gasteiger partial charge in [-0.2, -0.15) is 0 Å². The lowest BCUT2D eigenvalue weighted by atomic mass is 10.2. The van der Waals surface area contributed by atoms with Crippen molar-refractivity contribution in [3.63, 3.8) is 0 Å². The third kappa shape index (κ3) is 5.87. The summed E-state index contributed by atoms with van der Waals surface area (Å²) in [5.74, 6) is 1.63. The molecule has 120 valence electrons. The van der Waals surface area contributed by atoms with Crippen LogP contribution in [0.2, 0.25) is 0 Å². The maximum absolute atomic E-state index is 5.78. The largest absolute Gasteiger partial charge is 0.489 e. The van der Waals surface area contributed by atoms with Crippen molar-refractivity contribution in [2.24, 2.45) is 4.99 Å². The summed E-state index contributed by atoms with van der Waals surface area (Å²) in [4.78, 5) is 4.14. The van der Waals surface area contributed by atoms with E-state index in [1.54, 1.807) is 13.1 Å². The molecule has 0 aliphatic rings. The van der Waals surface area contributed by atoms with E-state index in [4.69, 9.17) is 4.74 Å². The second-order valence-electron chi connectivity index (χ2n) is 5.01. The Morgan fingerprint density at radius 1 is 1.04 bits per heavy atom. The first kappa shape index (κ1) is 16.6. The highest BCUT2D eigenvalue weighted by Gasteiger charge is 1.99. The topological polar surface area (TPSA) is 45.7 Å². The minimum absolute atomic E-state index is 0.580. The first-order valence-electron chi connectivity index (χ1n) is 7.63. The molecule has 4 heteroatoms. The number of hydrogen-bond acceptors (Lipinski definition) is 2. The van der Waals surface area contributed by atoms with E-state index >= 15 is 0 Å². The second-order valence-corrected chi connectivity index (χ2v) is 5.01. The molecule has 4 nitrogen and oxygen atoms in total. The van der Waals surface area contributed by atoms with Gasteiger partial charge >= 0.3 is 0 Å². The molecular weight excluding hydrogens is 286 g/mol. The molecule has 0 aromatic heterocycles. The summed E-state index contributed by atoms with van der Waals surface area (Å²) in [6, 6.07) is 18.2. The van der Waals surface area contributed by atoms with Gasteiger partial charge < -0.3 is 15.4 Å². The molecule has 2 rings (SSSR count). The number of hydrogen-bond donors (Lipinski definition) is 2. The lowest BCUT2D eigenvalue weighted by Gasteiger charge is -2.11. The van der Waals surface area contributed by atoms with Crippen LogP contribution in [-0.4, -0.2) is 19.6 Å². The molecule has 0 fully saturated rings. The average molecular weight is 309 g/mol. The zero-order valence-electron chi connectivity index (χ0n) is 13.5. The smallest absolute Gasteiger partial charge is 0.191 e. The van der Waals surface area contributed by atoms with Crippen molar-refractivity contribution in [1.29, 1.82) is 0 Å². The van der Waals surface area contributed by atoms with Crippen LogP contribution in [0.4, 0.5) is 0 Å². The quantitative estimate of drug-likeness (QED) is 0.469. The van der Waals surface area contributed by atoms with Crippen molar-refractivity contribution in [2.75, 3.05) is 13.6 Å². The molecule has 0 heterocycles. The summed E-state index contributed by atoms with van der Waals surface area (Å²) < 4.78 is 5.78. The van der Waals surface area contributed by atoms with Gasteiger partial charge in [0, 0.05) is 20.1 Å². The van der Waals surface area contributed by atoms with Gasteiger partial charge in [0.05, 0.1) is 0 Å². The summed E-state index contributed by atoms with van der Waals surface area (Å²) in [7, 11) is 1.75. The highest BCUT2D eigenvalue weighted by Crippen LogP contribution is 2.14. The van der Waals surface area contributed by atoms with Gasteiger partial charge in [0.1, 0.15) is 12.4 Å². The van der Waals surface area contributed by atoms with E-state index in [1.807, 2.05) is 42.5 Å². The molecule has 0 saturated carbocycles. The lowest BCUT2D eigenvalue weighted by Crippen LogP contribution is -2.36. The fourth-order valence-corrected chi connectivity index (χ4v) is 2.02. The standard InChI is InChI=1S/C19H23N3O/c1-3-13-21-19(20-2)22-14-16-9-11-18(12-10-16)23-15-17-7-5-4-6-8-17/h3-12H,1,13-15H2,2H3,(H2,20,21,22). The van der Waals surface area contributed by atoms with Crippen LogP contribution in [0.5, 0.6) is 5.75 Å². The van der Waals surface area contributed by atoms with Crippen LogP contribution < -0.4 is 15.4 Å². The van der Waals surface area contributed by atoms with Crippen LogP contribution in [0.1, 0.15) is 11.1 Å².